The van der Waals surface area contributed by atoms with Crippen molar-refractivity contribution in [3.05, 3.63) is 95.5 Å². The summed E-state index contributed by atoms with van der Waals surface area (Å²) in [6.45, 7) is 3.15. The number of halogens is 2. The van der Waals surface area contributed by atoms with Gasteiger partial charge in [-0.25, -0.2) is 0 Å². The molecule has 3 aromatic carbocycles. The summed E-state index contributed by atoms with van der Waals surface area (Å²) in [5.74, 6) is 1.24. The highest BCUT2D eigenvalue weighted by atomic mass is 35.5. The highest BCUT2D eigenvalue weighted by Gasteiger charge is 2.29. The summed E-state index contributed by atoms with van der Waals surface area (Å²) in [6, 6.07) is 29.7. The average molecular weight is 413 g/mol. The molecule has 1 aliphatic heterocycles. The zero-order valence-electron chi connectivity index (χ0n) is 15.8. The molecule has 1 fully saturated rings. The number of hydrogen-bond donors (Lipinski definition) is 1. The van der Waals surface area contributed by atoms with Gasteiger partial charge in [-0.3, -0.25) is 0 Å². The van der Waals surface area contributed by atoms with Crippen LogP contribution in [0.15, 0.2) is 84.9 Å². The number of rotatable bonds is 6. The molecule has 0 spiro atoms. The van der Waals surface area contributed by atoms with Crippen LogP contribution in [0.4, 0.5) is 11.4 Å². The van der Waals surface area contributed by atoms with Gasteiger partial charge in [-0.2, -0.15) is 0 Å². The van der Waals surface area contributed by atoms with E-state index in [1.54, 1.807) is 0 Å². The Labute approximate surface area is 178 Å². The zero-order chi connectivity index (χ0) is 18.5. The normalized spacial score (nSPS) is 18.5. The lowest BCUT2D eigenvalue weighted by Crippen LogP contribution is -2.30. The summed E-state index contributed by atoms with van der Waals surface area (Å²) in [5, 5.41) is 4.39. The molecular formula is C24H26Cl2N2. The molecule has 1 aliphatic rings. The molecule has 28 heavy (non-hydrogen) atoms. The quantitative estimate of drug-likeness (QED) is 0.535. The van der Waals surface area contributed by atoms with Crippen molar-refractivity contribution in [3.63, 3.8) is 0 Å². The first-order valence-electron chi connectivity index (χ1n) is 9.62. The van der Waals surface area contributed by atoms with Gasteiger partial charge in [0.2, 0.25) is 0 Å². The summed E-state index contributed by atoms with van der Waals surface area (Å²) in [5.41, 5.74) is 3.84. The molecule has 1 saturated heterocycles. The molecule has 1 heterocycles. The van der Waals surface area contributed by atoms with Crippen LogP contribution in [0.5, 0.6) is 0 Å². The first-order chi connectivity index (χ1) is 13.3. The van der Waals surface area contributed by atoms with Gasteiger partial charge in [0.1, 0.15) is 0 Å². The molecule has 0 aromatic heterocycles. The molecule has 0 saturated carbocycles. The summed E-state index contributed by atoms with van der Waals surface area (Å²) < 4.78 is 0. The maximum absolute atomic E-state index is 6.12. The van der Waals surface area contributed by atoms with Crippen molar-refractivity contribution in [2.75, 3.05) is 24.5 Å². The Morgan fingerprint density at radius 2 is 1.32 bits per heavy atom. The van der Waals surface area contributed by atoms with E-state index < -0.39 is 0 Å². The van der Waals surface area contributed by atoms with E-state index in [0.29, 0.717) is 11.8 Å². The maximum Gasteiger partial charge on any atom is 0.0411 e. The molecule has 3 aromatic rings. The first-order valence-corrected chi connectivity index (χ1v) is 10.0. The van der Waals surface area contributed by atoms with Crippen LogP contribution in [0.3, 0.4) is 0 Å². The molecule has 0 radical (unpaired) electrons. The van der Waals surface area contributed by atoms with Crippen LogP contribution in [-0.2, 0) is 6.42 Å². The maximum atomic E-state index is 6.12. The topological polar surface area (TPSA) is 15.3 Å². The van der Waals surface area contributed by atoms with Crippen LogP contribution in [0.1, 0.15) is 5.56 Å². The van der Waals surface area contributed by atoms with E-state index in [4.69, 9.17) is 11.6 Å². The van der Waals surface area contributed by atoms with Crippen LogP contribution < -0.4 is 10.2 Å². The van der Waals surface area contributed by atoms with Gasteiger partial charge in [0, 0.05) is 22.9 Å². The minimum Gasteiger partial charge on any atom is -0.341 e. The van der Waals surface area contributed by atoms with E-state index in [0.717, 1.165) is 31.1 Å². The molecule has 0 amide bonds. The standard InChI is InChI=1S/C24H25ClN2.ClH/c25-22-11-13-24(14-12-22)27(23-9-5-2-6-10-23)18-21-17-26-16-20(21)15-19-7-3-1-4-8-19;/h1-14,20-21,26H,15-18H2;1H/t20-,21+;/m1./s1. The van der Waals surface area contributed by atoms with E-state index >= 15 is 0 Å². The van der Waals surface area contributed by atoms with Crippen LogP contribution >= 0.6 is 24.0 Å². The molecule has 1 N–H and O–H groups in total. The summed E-state index contributed by atoms with van der Waals surface area (Å²) in [6.07, 6.45) is 1.13. The highest BCUT2D eigenvalue weighted by Crippen LogP contribution is 2.31. The summed E-state index contributed by atoms with van der Waals surface area (Å²) >= 11 is 6.12. The molecule has 0 aliphatic carbocycles. The lowest BCUT2D eigenvalue weighted by atomic mass is 9.89. The van der Waals surface area contributed by atoms with Crippen molar-refractivity contribution < 1.29 is 0 Å². The van der Waals surface area contributed by atoms with Gasteiger partial charge in [0.15, 0.2) is 0 Å². The largest absolute Gasteiger partial charge is 0.341 e. The third kappa shape index (κ3) is 5.08. The number of hydrogen-bond acceptors (Lipinski definition) is 2. The molecule has 0 unspecified atom stereocenters. The Hall–Kier alpha value is -2.00. The lowest BCUT2D eigenvalue weighted by Gasteiger charge is -2.30. The Morgan fingerprint density at radius 1 is 0.750 bits per heavy atom. The number of nitrogens with one attached hydrogen (secondary N) is 1. The fraction of sp³-hybridized carbons (Fsp3) is 0.250. The average Bonchev–Trinajstić information content (AvgIpc) is 3.15. The van der Waals surface area contributed by atoms with Crippen molar-refractivity contribution in [2.24, 2.45) is 11.8 Å². The molecule has 2 nitrogen and oxygen atoms in total. The molecule has 4 rings (SSSR count). The predicted octanol–water partition coefficient (Wildman–Crippen LogP) is 5.98. The molecule has 0 bridgehead atoms. The van der Waals surface area contributed by atoms with Gasteiger partial charge in [0.25, 0.3) is 0 Å². The van der Waals surface area contributed by atoms with E-state index in [2.05, 4.69) is 83.0 Å². The number of para-hydroxylation sites is 1. The van der Waals surface area contributed by atoms with Gasteiger partial charge in [-0.05, 0) is 73.3 Å². The molecule has 146 valence electrons. The van der Waals surface area contributed by atoms with Gasteiger partial charge in [-0.15, -0.1) is 12.4 Å². The van der Waals surface area contributed by atoms with E-state index in [-0.39, 0.29) is 12.4 Å². The Balaban J connectivity index is 0.00000225. The minimum atomic E-state index is 0. The van der Waals surface area contributed by atoms with Gasteiger partial charge in [-0.1, -0.05) is 60.1 Å². The van der Waals surface area contributed by atoms with Crippen molar-refractivity contribution in [3.8, 4) is 0 Å². The van der Waals surface area contributed by atoms with Crippen molar-refractivity contribution in [2.45, 2.75) is 6.42 Å². The van der Waals surface area contributed by atoms with E-state index in [1.165, 1.54) is 16.9 Å². The lowest BCUT2D eigenvalue weighted by molar-refractivity contribution is 0.423. The molecule has 2 atom stereocenters. The van der Waals surface area contributed by atoms with Crippen molar-refractivity contribution in [1.29, 1.82) is 0 Å². The third-order valence-corrected chi connectivity index (χ3v) is 5.70. The second kappa shape index (κ2) is 9.97. The second-order valence-corrected chi connectivity index (χ2v) is 7.73. The SMILES string of the molecule is Cl.Clc1ccc(N(C[C@@H]2CNC[C@H]2Cc2ccccc2)c2ccccc2)cc1. The van der Waals surface area contributed by atoms with Gasteiger partial charge < -0.3 is 10.2 Å². The van der Waals surface area contributed by atoms with Gasteiger partial charge >= 0.3 is 0 Å². The Bertz CT molecular complexity index is 837. The van der Waals surface area contributed by atoms with Crippen LogP contribution in [0.25, 0.3) is 0 Å². The van der Waals surface area contributed by atoms with Crippen molar-refractivity contribution >= 4 is 35.4 Å². The first kappa shape index (κ1) is 20.7. The highest BCUT2D eigenvalue weighted by molar-refractivity contribution is 6.30. The Morgan fingerprint density at radius 3 is 2.00 bits per heavy atom. The fourth-order valence-electron chi connectivity index (χ4n) is 3.98. The Kier molecular flexibility index (Phi) is 7.38. The van der Waals surface area contributed by atoms with E-state index in [9.17, 15) is 0 Å². The van der Waals surface area contributed by atoms with E-state index in [1.807, 2.05) is 12.1 Å². The molecule has 4 heteroatoms. The van der Waals surface area contributed by atoms with Gasteiger partial charge in [0.05, 0.1) is 0 Å². The minimum absolute atomic E-state index is 0. The van der Waals surface area contributed by atoms with Crippen LogP contribution in [0, 0.1) is 11.8 Å². The van der Waals surface area contributed by atoms with Crippen molar-refractivity contribution in [1.82, 2.24) is 5.32 Å². The van der Waals surface area contributed by atoms with Crippen LogP contribution in [-0.4, -0.2) is 19.6 Å². The monoisotopic (exact) mass is 412 g/mol. The summed E-state index contributed by atoms with van der Waals surface area (Å²) in [4.78, 5) is 2.42. The number of benzene rings is 3. The third-order valence-electron chi connectivity index (χ3n) is 5.44. The number of nitrogens with zero attached hydrogens (tertiary/aromatic N) is 1. The zero-order valence-corrected chi connectivity index (χ0v) is 17.4. The molecular weight excluding hydrogens is 387 g/mol. The number of anilines is 2. The second-order valence-electron chi connectivity index (χ2n) is 7.29. The smallest absolute Gasteiger partial charge is 0.0411 e. The predicted molar refractivity (Wildman–Crippen MR) is 122 cm³/mol. The summed E-state index contributed by atoms with van der Waals surface area (Å²) in [7, 11) is 0. The fourth-order valence-corrected chi connectivity index (χ4v) is 4.11. The van der Waals surface area contributed by atoms with Crippen LogP contribution in [0.2, 0.25) is 5.02 Å².